The first-order chi connectivity index (χ1) is 10.2. The van der Waals surface area contributed by atoms with Crippen LogP contribution in [0.3, 0.4) is 0 Å². The fraction of sp³-hybridized carbons (Fsp3) is 0.812. The zero-order chi connectivity index (χ0) is 16.8. The number of rotatable bonds is 7. The molecular weight excluding hydrogens is 280 g/mol. The molecule has 0 spiro atoms. The zero-order valence-corrected chi connectivity index (χ0v) is 13.9. The summed E-state index contributed by atoms with van der Waals surface area (Å²) in [7, 11) is 2.02. The van der Waals surface area contributed by atoms with Crippen LogP contribution in [-0.4, -0.2) is 42.4 Å². The molecule has 1 heterocycles. The largest absolute Gasteiger partial charge is 0.370 e. The van der Waals surface area contributed by atoms with E-state index in [-0.39, 0.29) is 17.2 Å². The Hall–Kier alpha value is -1.61. The Balaban J connectivity index is 2.40. The lowest BCUT2D eigenvalue weighted by Gasteiger charge is -2.36. The lowest BCUT2D eigenvalue weighted by Crippen LogP contribution is -2.53. The van der Waals surface area contributed by atoms with E-state index in [2.05, 4.69) is 16.3 Å². The van der Waals surface area contributed by atoms with Gasteiger partial charge in [-0.2, -0.15) is 5.26 Å². The third-order valence-corrected chi connectivity index (χ3v) is 4.34. The quantitative estimate of drug-likeness (QED) is 0.737. The summed E-state index contributed by atoms with van der Waals surface area (Å²) < 4.78 is 0. The van der Waals surface area contributed by atoms with Gasteiger partial charge in [-0.3, -0.25) is 9.59 Å². The Bertz CT molecular complexity index is 446. The molecule has 0 aromatic rings. The Kier molecular flexibility index (Phi) is 6.36. The van der Waals surface area contributed by atoms with Crippen LogP contribution in [0, 0.1) is 16.7 Å². The maximum Gasteiger partial charge on any atom is 0.221 e. The summed E-state index contributed by atoms with van der Waals surface area (Å²) in [5.74, 6) is -0.398. The minimum Gasteiger partial charge on any atom is -0.370 e. The van der Waals surface area contributed by atoms with Gasteiger partial charge in [0, 0.05) is 25.9 Å². The van der Waals surface area contributed by atoms with E-state index in [1.165, 1.54) is 0 Å². The van der Waals surface area contributed by atoms with Gasteiger partial charge < -0.3 is 16.0 Å². The minimum atomic E-state index is -0.716. The number of hydrogen-bond donors (Lipinski definition) is 2. The number of nitrogens with two attached hydrogens (primary N) is 1. The van der Waals surface area contributed by atoms with Gasteiger partial charge in [0.1, 0.15) is 5.54 Å². The van der Waals surface area contributed by atoms with Crippen molar-refractivity contribution in [3.05, 3.63) is 0 Å². The van der Waals surface area contributed by atoms with Crippen LogP contribution in [0.2, 0.25) is 0 Å². The molecule has 22 heavy (non-hydrogen) atoms. The van der Waals surface area contributed by atoms with Crippen molar-refractivity contribution in [1.29, 1.82) is 5.26 Å². The number of nitrogens with zero attached hydrogens (tertiary/aromatic N) is 2. The van der Waals surface area contributed by atoms with Crippen LogP contribution in [0.4, 0.5) is 0 Å². The van der Waals surface area contributed by atoms with Gasteiger partial charge in [0.05, 0.1) is 6.07 Å². The second kappa shape index (κ2) is 7.59. The standard InChI is InChI=1S/C16H28N4O2/c1-15(2,11-13(18)21)6-4-5-14(22)19-16(12-17)7-9-20(3)10-8-16/h4-11H2,1-3H3,(H2,18,21)(H,19,22). The van der Waals surface area contributed by atoms with E-state index in [0.29, 0.717) is 32.1 Å². The van der Waals surface area contributed by atoms with Crippen molar-refractivity contribution < 1.29 is 9.59 Å². The molecule has 6 nitrogen and oxygen atoms in total. The molecule has 6 heteroatoms. The van der Waals surface area contributed by atoms with E-state index in [1.54, 1.807) is 0 Å². The summed E-state index contributed by atoms with van der Waals surface area (Å²) in [6, 6.07) is 2.28. The molecule has 0 aromatic heterocycles. The molecule has 0 unspecified atom stereocenters. The van der Waals surface area contributed by atoms with Crippen molar-refractivity contribution in [2.24, 2.45) is 11.1 Å². The summed E-state index contributed by atoms with van der Waals surface area (Å²) in [6.45, 7) is 5.59. The van der Waals surface area contributed by atoms with E-state index < -0.39 is 5.54 Å². The molecule has 1 aliphatic heterocycles. The molecule has 0 aliphatic carbocycles. The van der Waals surface area contributed by atoms with Crippen molar-refractivity contribution in [2.75, 3.05) is 20.1 Å². The molecule has 3 N–H and O–H groups in total. The van der Waals surface area contributed by atoms with Gasteiger partial charge in [-0.25, -0.2) is 0 Å². The number of piperidine rings is 1. The summed E-state index contributed by atoms with van der Waals surface area (Å²) in [5, 5.41) is 12.3. The third kappa shape index (κ3) is 6.02. The fourth-order valence-electron chi connectivity index (χ4n) is 2.88. The molecule has 0 atom stereocenters. The number of nitrogens with one attached hydrogen (secondary N) is 1. The number of carbonyl (C=O) groups is 2. The number of likely N-dealkylation sites (tertiary alicyclic amines) is 1. The molecule has 0 bridgehead atoms. The Morgan fingerprint density at radius 2 is 1.95 bits per heavy atom. The van der Waals surface area contributed by atoms with Crippen LogP contribution in [-0.2, 0) is 9.59 Å². The molecule has 0 saturated carbocycles. The van der Waals surface area contributed by atoms with Crippen molar-refractivity contribution in [3.8, 4) is 6.07 Å². The average molecular weight is 308 g/mol. The van der Waals surface area contributed by atoms with Crippen molar-refractivity contribution >= 4 is 11.8 Å². The molecule has 124 valence electrons. The Morgan fingerprint density at radius 1 is 1.36 bits per heavy atom. The highest BCUT2D eigenvalue weighted by Gasteiger charge is 2.35. The second-order valence-electron chi connectivity index (χ2n) is 7.21. The highest BCUT2D eigenvalue weighted by molar-refractivity contribution is 5.77. The van der Waals surface area contributed by atoms with Gasteiger partial charge in [-0.15, -0.1) is 0 Å². The van der Waals surface area contributed by atoms with Gasteiger partial charge in [-0.05, 0) is 38.1 Å². The molecule has 1 fully saturated rings. The highest BCUT2D eigenvalue weighted by atomic mass is 16.2. The maximum atomic E-state index is 12.1. The number of hydrogen-bond acceptors (Lipinski definition) is 4. The van der Waals surface area contributed by atoms with Crippen molar-refractivity contribution in [3.63, 3.8) is 0 Å². The van der Waals surface area contributed by atoms with Crippen molar-refractivity contribution in [2.45, 2.75) is 57.9 Å². The van der Waals surface area contributed by atoms with E-state index >= 15 is 0 Å². The van der Waals surface area contributed by atoms with Crippen LogP contribution in [0.25, 0.3) is 0 Å². The van der Waals surface area contributed by atoms with E-state index in [9.17, 15) is 14.9 Å². The summed E-state index contributed by atoms with van der Waals surface area (Å²) in [4.78, 5) is 25.2. The van der Waals surface area contributed by atoms with E-state index in [1.807, 2.05) is 20.9 Å². The predicted octanol–water partition coefficient (Wildman–Crippen LogP) is 1.16. The molecule has 2 amide bonds. The first kappa shape index (κ1) is 18.4. The van der Waals surface area contributed by atoms with Crippen molar-refractivity contribution in [1.82, 2.24) is 10.2 Å². The summed E-state index contributed by atoms with van der Waals surface area (Å²) >= 11 is 0. The number of amides is 2. The van der Waals surface area contributed by atoms with E-state index in [4.69, 9.17) is 5.73 Å². The van der Waals surface area contributed by atoms with Gasteiger partial charge in [-0.1, -0.05) is 13.8 Å². The zero-order valence-electron chi connectivity index (χ0n) is 13.9. The van der Waals surface area contributed by atoms with Crippen LogP contribution < -0.4 is 11.1 Å². The SMILES string of the molecule is CN1CCC(C#N)(NC(=O)CCCC(C)(C)CC(N)=O)CC1. The number of primary amides is 1. The molecule has 0 aromatic carbocycles. The van der Waals surface area contributed by atoms with Gasteiger partial charge in [0.2, 0.25) is 11.8 Å². The maximum absolute atomic E-state index is 12.1. The third-order valence-electron chi connectivity index (χ3n) is 4.34. The lowest BCUT2D eigenvalue weighted by atomic mass is 9.83. The predicted molar refractivity (Wildman–Crippen MR) is 84.7 cm³/mol. The average Bonchev–Trinajstić information content (AvgIpc) is 2.40. The van der Waals surface area contributed by atoms with E-state index in [0.717, 1.165) is 19.5 Å². The van der Waals surface area contributed by atoms with Crippen LogP contribution in [0.15, 0.2) is 0 Å². The summed E-state index contributed by atoms with van der Waals surface area (Å²) in [5.41, 5.74) is 4.32. The smallest absolute Gasteiger partial charge is 0.221 e. The molecular formula is C16H28N4O2. The van der Waals surface area contributed by atoms with Crippen LogP contribution in [0.1, 0.15) is 52.4 Å². The van der Waals surface area contributed by atoms with Crippen LogP contribution >= 0.6 is 0 Å². The molecule has 1 rings (SSSR count). The van der Waals surface area contributed by atoms with Crippen LogP contribution in [0.5, 0.6) is 0 Å². The number of carbonyl (C=O) groups excluding carboxylic acids is 2. The minimum absolute atomic E-state index is 0.0824. The topological polar surface area (TPSA) is 99.2 Å². The molecule has 1 saturated heterocycles. The second-order valence-corrected chi connectivity index (χ2v) is 7.21. The molecule has 1 aliphatic rings. The first-order valence-corrected chi connectivity index (χ1v) is 7.87. The number of nitriles is 1. The van der Waals surface area contributed by atoms with Gasteiger partial charge >= 0.3 is 0 Å². The molecule has 0 radical (unpaired) electrons. The van der Waals surface area contributed by atoms with Gasteiger partial charge in [0.25, 0.3) is 0 Å². The summed E-state index contributed by atoms with van der Waals surface area (Å²) in [6.07, 6.45) is 3.47. The Morgan fingerprint density at radius 3 is 2.45 bits per heavy atom. The lowest BCUT2D eigenvalue weighted by molar-refractivity contribution is -0.123. The first-order valence-electron chi connectivity index (χ1n) is 7.87. The van der Waals surface area contributed by atoms with Gasteiger partial charge in [0.15, 0.2) is 0 Å². The fourth-order valence-corrected chi connectivity index (χ4v) is 2.88. The Labute approximate surface area is 133 Å². The highest BCUT2D eigenvalue weighted by Crippen LogP contribution is 2.27. The monoisotopic (exact) mass is 308 g/mol. The normalized spacial score (nSPS) is 18.5.